The van der Waals surface area contributed by atoms with Crippen molar-refractivity contribution in [3.8, 4) is 0 Å². The first-order chi connectivity index (χ1) is 14.2. The molecule has 1 aromatic rings. The SMILES string of the molecule is C=CCc1c(C(=O)OC)cccc1N(CC)[C@H]1CC[C@H](NC(=O)OC(C)(C)C)CC1. The number of ether oxygens (including phenoxy) is 2. The van der Waals surface area contributed by atoms with E-state index >= 15 is 0 Å². The van der Waals surface area contributed by atoms with Gasteiger partial charge in [-0.15, -0.1) is 6.58 Å². The minimum atomic E-state index is -0.494. The Morgan fingerprint density at radius 1 is 1.23 bits per heavy atom. The largest absolute Gasteiger partial charge is 0.465 e. The summed E-state index contributed by atoms with van der Waals surface area (Å²) >= 11 is 0. The van der Waals surface area contributed by atoms with Gasteiger partial charge in [-0.3, -0.25) is 0 Å². The average Bonchev–Trinajstić information content (AvgIpc) is 2.69. The number of nitrogens with zero attached hydrogens (tertiary/aromatic N) is 1. The number of hydrogen-bond acceptors (Lipinski definition) is 5. The summed E-state index contributed by atoms with van der Waals surface area (Å²) in [5.74, 6) is -0.324. The van der Waals surface area contributed by atoms with Gasteiger partial charge < -0.3 is 19.7 Å². The number of esters is 1. The number of amides is 1. The fourth-order valence-corrected chi connectivity index (χ4v) is 4.14. The van der Waals surface area contributed by atoms with E-state index in [1.807, 2.05) is 39.0 Å². The summed E-state index contributed by atoms with van der Waals surface area (Å²) in [5, 5.41) is 3.00. The van der Waals surface area contributed by atoms with E-state index in [1.165, 1.54) is 7.11 Å². The molecule has 0 atom stereocenters. The summed E-state index contributed by atoms with van der Waals surface area (Å²) in [6.07, 6.45) is 5.79. The van der Waals surface area contributed by atoms with Crippen LogP contribution in [0.15, 0.2) is 30.9 Å². The van der Waals surface area contributed by atoms with Crippen LogP contribution in [0.2, 0.25) is 0 Å². The van der Waals surface area contributed by atoms with Gasteiger partial charge in [0.05, 0.1) is 12.7 Å². The molecular weight excluding hydrogens is 380 g/mol. The maximum atomic E-state index is 12.3. The summed E-state index contributed by atoms with van der Waals surface area (Å²) in [7, 11) is 1.41. The Hall–Kier alpha value is -2.50. The highest BCUT2D eigenvalue weighted by atomic mass is 16.6. The van der Waals surface area contributed by atoms with Crippen LogP contribution in [0, 0.1) is 0 Å². The second-order valence-electron chi connectivity index (χ2n) is 8.73. The molecule has 6 heteroatoms. The van der Waals surface area contributed by atoms with E-state index in [1.54, 1.807) is 0 Å². The third-order valence-electron chi connectivity index (χ3n) is 5.41. The number of allylic oxidation sites excluding steroid dienone is 1. The molecule has 0 radical (unpaired) electrons. The number of carbonyl (C=O) groups is 2. The number of nitrogens with one attached hydrogen (secondary N) is 1. The van der Waals surface area contributed by atoms with Gasteiger partial charge in [0.2, 0.25) is 0 Å². The Bertz CT molecular complexity index is 746. The molecule has 1 N–H and O–H groups in total. The van der Waals surface area contributed by atoms with Crippen LogP contribution in [0.5, 0.6) is 0 Å². The molecule has 1 fully saturated rings. The lowest BCUT2D eigenvalue weighted by molar-refractivity contribution is 0.0490. The van der Waals surface area contributed by atoms with E-state index in [4.69, 9.17) is 9.47 Å². The summed E-state index contributed by atoms with van der Waals surface area (Å²) in [6, 6.07) is 6.27. The van der Waals surface area contributed by atoms with Crippen LogP contribution in [0.4, 0.5) is 10.5 Å². The Morgan fingerprint density at radius 3 is 2.43 bits per heavy atom. The molecule has 1 aromatic carbocycles. The van der Waals surface area contributed by atoms with Gasteiger partial charge in [0.25, 0.3) is 0 Å². The van der Waals surface area contributed by atoms with Crippen molar-refractivity contribution < 1.29 is 19.1 Å². The van der Waals surface area contributed by atoms with Gasteiger partial charge >= 0.3 is 12.1 Å². The van der Waals surface area contributed by atoms with Gasteiger partial charge in [-0.1, -0.05) is 12.1 Å². The number of rotatable bonds is 7. The molecule has 1 saturated carbocycles. The minimum Gasteiger partial charge on any atom is -0.465 e. The van der Waals surface area contributed by atoms with Crippen molar-refractivity contribution in [2.24, 2.45) is 0 Å². The highest BCUT2D eigenvalue weighted by molar-refractivity contribution is 5.93. The van der Waals surface area contributed by atoms with E-state index in [0.717, 1.165) is 43.5 Å². The zero-order chi connectivity index (χ0) is 22.3. The van der Waals surface area contributed by atoms with Gasteiger partial charge in [-0.05, 0) is 77.5 Å². The third-order valence-corrected chi connectivity index (χ3v) is 5.41. The first-order valence-corrected chi connectivity index (χ1v) is 10.8. The topological polar surface area (TPSA) is 67.9 Å². The third kappa shape index (κ3) is 6.25. The Balaban J connectivity index is 2.12. The van der Waals surface area contributed by atoms with E-state index in [2.05, 4.69) is 29.8 Å². The van der Waals surface area contributed by atoms with Gasteiger partial charge in [0.15, 0.2) is 0 Å². The van der Waals surface area contributed by atoms with Crippen LogP contribution in [-0.4, -0.2) is 43.4 Å². The molecule has 0 heterocycles. The lowest BCUT2D eigenvalue weighted by Crippen LogP contribution is -2.45. The molecule has 0 unspecified atom stereocenters. The van der Waals surface area contributed by atoms with Crippen LogP contribution >= 0.6 is 0 Å². The molecule has 0 bridgehead atoms. The van der Waals surface area contributed by atoms with E-state index in [-0.39, 0.29) is 18.1 Å². The number of methoxy groups -OCH3 is 1. The maximum Gasteiger partial charge on any atom is 0.407 e. The molecule has 166 valence electrons. The highest BCUT2D eigenvalue weighted by Gasteiger charge is 2.29. The predicted octanol–water partition coefficient (Wildman–Crippen LogP) is 4.86. The maximum absolute atomic E-state index is 12.3. The number of benzene rings is 1. The second kappa shape index (κ2) is 10.5. The number of alkyl carbamates (subject to hydrolysis) is 1. The van der Waals surface area contributed by atoms with Crippen molar-refractivity contribution in [2.45, 2.75) is 77.5 Å². The van der Waals surface area contributed by atoms with Crippen molar-refractivity contribution in [3.63, 3.8) is 0 Å². The van der Waals surface area contributed by atoms with Crippen molar-refractivity contribution >= 4 is 17.7 Å². The van der Waals surface area contributed by atoms with Crippen molar-refractivity contribution in [3.05, 3.63) is 42.0 Å². The first-order valence-electron chi connectivity index (χ1n) is 10.8. The van der Waals surface area contributed by atoms with Crippen LogP contribution in [0.1, 0.15) is 69.3 Å². The van der Waals surface area contributed by atoms with Crippen molar-refractivity contribution in [1.29, 1.82) is 0 Å². The molecular formula is C24H36N2O4. The van der Waals surface area contributed by atoms with Gasteiger partial charge in [0, 0.05) is 24.3 Å². The van der Waals surface area contributed by atoms with Gasteiger partial charge in [-0.2, -0.15) is 0 Å². The zero-order valence-corrected chi connectivity index (χ0v) is 19.0. The van der Waals surface area contributed by atoms with Crippen LogP contribution in [0.25, 0.3) is 0 Å². The van der Waals surface area contributed by atoms with E-state index in [9.17, 15) is 9.59 Å². The van der Waals surface area contributed by atoms with E-state index in [0.29, 0.717) is 18.0 Å². The Kier molecular flexibility index (Phi) is 8.33. The fourth-order valence-electron chi connectivity index (χ4n) is 4.14. The minimum absolute atomic E-state index is 0.129. The summed E-state index contributed by atoms with van der Waals surface area (Å²) < 4.78 is 10.4. The molecule has 0 saturated heterocycles. The molecule has 0 aromatic heterocycles. The zero-order valence-electron chi connectivity index (χ0n) is 19.0. The molecule has 2 rings (SSSR count). The van der Waals surface area contributed by atoms with Crippen LogP contribution in [0.3, 0.4) is 0 Å². The predicted molar refractivity (Wildman–Crippen MR) is 120 cm³/mol. The lowest BCUT2D eigenvalue weighted by Gasteiger charge is -2.39. The summed E-state index contributed by atoms with van der Waals surface area (Å²) in [6.45, 7) is 12.4. The molecule has 6 nitrogen and oxygen atoms in total. The molecule has 30 heavy (non-hydrogen) atoms. The number of hydrogen-bond donors (Lipinski definition) is 1. The van der Waals surface area contributed by atoms with Gasteiger partial charge in [-0.25, -0.2) is 9.59 Å². The average molecular weight is 417 g/mol. The van der Waals surface area contributed by atoms with Gasteiger partial charge in [0.1, 0.15) is 5.60 Å². The van der Waals surface area contributed by atoms with Crippen molar-refractivity contribution in [2.75, 3.05) is 18.6 Å². The number of anilines is 1. The quantitative estimate of drug-likeness (QED) is 0.508. The monoisotopic (exact) mass is 416 g/mol. The highest BCUT2D eigenvalue weighted by Crippen LogP contribution is 2.32. The van der Waals surface area contributed by atoms with Crippen LogP contribution in [-0.2, 0) is 15.9 Å². The van der Waals surface area contributed by atoms with Crippen LogP contribution < -0.4 is 10.2 Å². The normalized spacial score (nSPS) is 19.0. The van der Waals surface area contributed by atoms with Crippen molar-refractivity contribution in [1.82, 2.24) is 5.32 Å². The Morgan fingerprint density at radius 2 is 1.90 bits per heavy atom. The molecule has 1 aliphatic carbocycles. The Labute approximate surface area is 180 Å². The molecule has 0 aliphatic heterocycles. The summed E-state index contributed by atoms with van der Waals surface area (Å²) in [4.78, 5) is 26.7. The fraction of sp³-hybridized carbons (Fsp3) is 0.583. The lowest BCUT2D eigenvalue weighted by atomic mass is 9.89. The smallest absolute Gasteiger partial charge is 0.407 e. The summed E-state index contributed by atoms with van der Waals surface area (Å²) in [5.41, 5.74) is 2.11. The molecule has 1 aliphatic rings. The van der Waals surface area contributed by atoms with E-state index < -0.39 is 5.60 Å². The second-order valence-corrected chi connectivity index (χ2v) is 8.73. The molecule has 1 amide bonds. The first kappa shape index (κ1) is 23.8. The number of carbonyl (C=O) groups excluding carboxylic acids is 2. The standard InChI is InChI=1S/C24H36N2O4/c1-7-10-19-20(22(27)29-6)11-9-12-21(19)26(8-2)18-15-13-17(14-16-18)25-23(28)30-24(3,4)5/h7,9,11-12,17-18H,1,8,10,13-16H2,2-6H3,(H,25,28)/t17-,18-. The molecule has 0 spiro atoms.